The molecule has 0 spiro atoms. The van der Waals surface area contributed by atoms with Gasteiger partial charge in [-0.15, -0.1) is 0 Å². The first-order valence-electron chi connectivity index (χ1n) is 9.01. The molecule has 134 valence electrons. The van der Waals surface area contributed by atoms with Crippen molar-refractivity contribution in [1.82, 2.24) is 4.90 Å². The van der Waals surface area contributed by atoms with E-state index < -0.39 is 0 Å². The summed E-state index contributed by atoms with van der Waals surface area (Å²) in [7, 11) is 0. The molecule has 1 fully saturated rings. The summed E-state index contributed by atoms with van der Waals surface area (Å²) in [4.78, 5) is 13.7. The van der Waals surface area contributed by atoms with E-state index >= 15 is 0 Å². The average molecular weight is 333 g/mol. The van der Waals surface area contributed by atoms with Crippen molar-refractivity contribution >= 4 is 6.29 Å². The zero-order chi connectivity index (χ0) is 17.7. The monoisotopic (exact) mass is 333 g/mol. The first kappa shape index (κ1) is 18.9. The Balaban J connectivity index is 2.21. The number of carbonyl (C=O) groups excluding carboxylic acids is 1. The van der Waals surface area contributed by atoms with Gasteiger partial charge in [-0.25, -0.2) is 0 Å². The molecular formula is C20H31NO3. The van der Waals surface area contributed by atoms with Crippen molar-refractivity contribution in [3.8, 4) is 5.75 Å². The van der Waals surface area contributed by atoms with Gasteiger partial charge in [0.15, 0.2) is 0 Å². The molecule has 1 heterocycles. The van der Waals surface area contributed by atoms with Crippen molar-refractivity contribution in [2.45, 2.75) is 52.5 Å². The van der Waals surface area contributed by atoms with Gasteiger partial charge in [0, 0.05) is 24.7 Å². The van der Waals surface area contributed by atoms with E-state index in [1.54, 1.807) is 0 Å². The second-order valence-electron chi connectivity index (χ2n) is 7.26. The molecule has 1 aromatic rings. The molecule has 2 rings (SSSR count). The van der Waals surface area contributed by atoms with E-state index in [4.69, 9.17) is 9.47 Å². The van der Waals surface area contributed by atoms with Crippen molar-refractivity contribution in [3.05, 3.63) is 28.8 Å². The minimum atomic E-state index is 0.316. The van der Waals surface area contributed by atoms with Crippen LogP contribution < -0.4 is 4.74 Å². The molecule has 1 aromatic carbocycles. The van der Waals surface area contributed by atoms with E-state index in [-0.39, 0.29) is 0 Å². The van der Waals surface area contributed by atoms with Crippen LogP contribution >= 0.6 is 0 Å². The first-order valence-corrected chi connectivity index (χ1v) is 9.01. The molecule has 1 atom stereocenters. The fourth-order valence-electron chi connectivity index (χ4n) is 3.12. The molecule has 4 nitrogen and oxygen atoms in total. The standard InChI is InChI=1S/C20H31NO3/c1-14(2)18-10-17(12-22)11-19(15(3)4)20(18)24-13-16(5)21-6-8-23-9-7-21/h10-12,14-16H,6-9,13H2,1-5H3. The van der Waals surface area contributed by atoms with Gasteiger partial charge in [0.2, 0.25) is 0 Å². The Morgan fingerprint density at radius 1 is 1.08 bits per heavy atom. The molecular weight excluding hydrogens is 302 g/mol. The van der Waals surface area contributed by atoms with Gasteiger partial charge in [-0.05, 0) is 42.0 Å². The minimum absolute atomic E-state index is 0.316. The van der Waals surface area contributed by atoms with Gasteiger partial charge in [0.1, 0.15) is 18.6 Å². The van der Waals surface area contributed by atoms with Crippen LogP contribution in [0.4, 0.5) is 0 Å². The van der Waals surface area contributed by atoms with Crippen molar-refractivity contribution in [2.75, 3.05) is 32.9 Å². The summed E-state index contributed by atoms with van der Waals surface area (Å²) in [6.07, 6.45) is 0.928. The number of aldehydes is 1. The number of ether oxygens (including phenoxy) is 2. The maximum atomic E-state index is 11.3. The molecule has 0 aliphatic carbocycles. The zero-order valence-corrected chi connectivity index (χ0v) is 15.7. The summed E-state index contributed by atoms with van der Waals surface area (Å²) < 4.78 is 11.7. The van der Waals surface area contributed by atoms with Gasteiger partial charge >= 0.3 is 0 Å². The van der Waals surface area contributed by atoms with Crippen LogP contribution in [0.25, 0.3) is 0 Å². The molecule has 1 saturated heterocycles. The van der Waals surface area contributed by atoms with Gasteiger partial charge < -0.3 is 9.47 Å². The number of carbonyl (C=O) groups is 1. The Hall–Kier alpha value is -1.39. The Morgan fingerprint density at radius 2 is 1.62 bits per heavy atom. The summed E-state index contributed by atoms with van der Waals surface area (Å²) in [6, 6.07) is 4.29. The number of rotatable bonds is 7. The van der Waals surface area contributed by atoms with Crippen LogP contribution in [0.5, 0.6) is 5.75 Å². The van der Waals surface area contributed by atoms with E-state index in [1.807, 2.05) is 12.1 Å². The second kappa shape index (κ2) is 8.63. The van der Waals surface area contributed by atoms with Gasteiger partial charge in [-0.2, -0.15) is 0 Å². The summed E-state index contributed by atoms with van der Waals surface area (Å²) in [5.41, 5.74) is 2.98. The molecule has 1 aliphatic heterocycles. The molecule has 1 aliphatic rings. The van der Waals surface area contributed by atoms with Gasteiger partial charge in [0.25, 0.3) is 0 Å². The number of benzene rings is 1. The smallest absolute Gasteiger partial charge is 0.150 e. The van der Waals surface area contributed by atoms with Crippen LogP contribution in [0.2, 0.25) is 0 Å². The third-order valence-electron chi connectivity index (χ3n) is 4.69. The Bertz CT molecular complexity index is 519. The van der Waals surface area contributed by atoms with E-state index in [1.165, 1.54) is 0 Å². The highest BCUT2D eigenvalue weighted by molar-refractivity contribution is 5.77. The summed E-state index contributed by atoms with van der Waals surface area (Å²) in [6.45, 7) is 15.0. The lowest BCUT2D eigenvalue weighted by molar-refractivity contribution is 0.0103. The molecule has 0 aromatic heterocycles. The lowest BCUT2D eigenvalue weighted by Crippen LogP contribution is -2.44. The summed E-state index contributed by atoms with van der Waals surface area (Å²) in [5.74, 6) is 1.60. The molecule has 0 amide bonds. The second-order valence-corrected chi connectivity index (χ2v) is 7.26. The zero-order valence-electron chi connectivity index (χ0n) is 15.7. The van der Waals surface area contributed by atoms with E-state index in [2.05, 4.69) is 39.5 Å². The normalized spacial score (nSPS) is 17.3. The molecule has 4 heteroatoms. The van der Waals surface area contributed by atoms with Crippen LogP contribution in [0.15, 0.2) is 12.1 Å². The third-order valence-corrected chi connectivity index (χ3v) is 4.69. The van der Waals surface area contributed by atoms with Crippen LogP contribution in [0, 0.1) is 0 Å². The maximum absolute atomic E-state index is 11.3. The van der Waals surface area contributed by atoms with Crippen LogP contribution in [0.1, 0.15) is 67.9 Å². The fourth-order valence-corrected chi connectivity index (χ4v) is 3.12. The predicted molar refractivity (Wildman–Crippen MR) is 97.4 cm³/mol. The van der Waals surface area contributed by atoms with Crippen molar-refractivity contribution in [1.29, 1.82) is 0 Å². The maximum Gasteiger partial charge on any atom is 0.150 e. The minimum Gasteiger partial charge on any atom is -0.491 e. The average Bonchev–Trinajstić information content (AvgIpc) is 2.59. The van der Waals surface area contributed by atoms with Gasteiger partial charge in [-0.3, -0.25) is 9.69 Å². The highest BCUT2D eigenvalue weighted by Gasteiger charge is 2.21. The summed E-state index contributed by atoms with van der Waals surface area (Å²) >= 11 is 0. The highest BCUT2D eigenvalue weighted by Crippen LogP contribution is 2.36. The Morgan fingerprint density at radius 3 is 2.08 bits per heavy atom. The van der Waals surface area contributed by atoms with Crippen molar-refractivity contribution < 1.29 is 14.3 Å². The molecule has 0 bridgehead atoms. The molecule has 0 saturated carbocycles. The predicted octanol–water partition coefficient (Wildman–Crippen LogP) is 3.85. The molecule has 24 heavy (non-hydrogen) atoms. The Kier molecular flexibility index (Phi) is 6.81. The van der Waals surface area contributed by atoms with E-state index in [9.17, 15) is 4.79 Å². The fraction of sp³-hybridized carbons (Fsp3) is 0.650. The third kappa shape index (κ3) is 4.58. The van der Waals surface area contributed by atoms with Crippen molar-refractivity contribution in [3.63, 3.8) is 0 Å². The van der Waals surface area contributed by atoms with Crippen LogP contribution in [-0.2, 0) is 4.74 Å². The molecule has 0 N–H and O–H groups in total. The quantitative estimate of drug-likeness (QED) is 0.711. The molecule has 0 radical (unpaired) electrons. The number of hydrogen-bond acceptors (Lipinski definition) is 4. The van der Waals surface area contributed by atoms with Crippen molar-refractivity contribution in [2.24, 2.45) is 0 Å². The number of nitrogens with zero attached hydrogens (tertiary/aromatic N) is 1. The first-order chi connectivity index (χ1) is 11.4. The number of hydrogen-bond donors (Lipinski definition) is 0. The topological polar surface area (TPSA) is 38.8 Å². The SMILES string of the molecule is CC(C)c1cc(C=O)cc(C(C)C)c1OCC(C)N1CCOCC1. The van der Waals surface area contributed by atoms with Crippen LogP contribution in [-0.4, -0.2) is 50.1 Å². The lowest BCUT2D eigenvalue weighted by atomic mass is 9.91. The van der Waals surface area contributed by atoms with Crippen LogP contribution in [0.3, 0.4) is 0 Å². The largest absolute Gasteiger partial charge is 0.491 e. The van der Waals surface area contributed by atoms with E-state index in [0.29, 0.717) is 24.5 Å². The van der Waals surface area contributed by atoms with Gasteiger partial charge in [-0.1, -0.05) is 27.7 Å². The highest BCUT2D eigenvalue weighted by atomic mass is 16.5. The Labute approximate surface area is 146 Å². The summed E-state index contributed by atoms with van der Waals surface area (Å²) in [5, 5.41) is 0. The van der Waals surface area contributed by atoms with E-state index in [0.717, 1.165) is 55.0 Å². The molecule has 1 unspecified atom stereocenters. The van der Waals surface area contributed by atoms with Gasteiger partial charge in [0.05, 0.1) is 13.2 Å². The lowest BCUT2D eigenvalue weighted by Gasteiger charge is -2.32. The number of morpholine rings is 1.